The van der Waals surface area contributed by atoms with E-state index in [9.17, 15) is 26.8 Å². The summed E-state index contributed by atoms with van der Waals surface area (Å²) < 4.78 is 64.8. The maximum Gasteiger partial charge on any atom is 0.337 e. The minimum atomic E-state index is -4.02. The van der Waals surface area contributed by atoms with Gasteiger partial charge in [-0.25, -0.2) is 22.0 Å². The Kier molecular flexibility index (Phi) is 8.11. The molecule has 1 saturated heterocycles. The summed E-state index contributed by atoms with van der Waals surface area (Å²) in [5.74, 6) is -3.12. The van der Waals surface area contributed by atoms with Crippen molar-refractivity contribution in [3.8, 4) is 0 Å². The fraction of sp³-hybridized carbons (Fsp3) is 0.286. The van der Waals surface area contributed by atoms with Gasteiger partial charge in [0.15, 0.2) is 15.4 Å². The van der Waals surface area contributed by atoms with Gasteiger partial charge in [-0.3, -0.25) is 9.69 Å². The van der Waals surface area contributed by atoms with E-state index in [2.05, 4.69) is 0 Å². The molecule has 206 valence electrons. The maximum atomic E-state index is 14.1. The summed E-state index contributed by atoms with van der Waals surface area (Å²) in [7, 11) is -2.74. The third-order valence-corrected chi connectivity index (χ3v) is 8.39. The summed E-state index contributed by atoms with van der Waals surface area (Å²) in [6.07, 6.45) is 0.941. The number of nitrogens with zero attached hydrogens (tertiary/aromatic N) is 1. The van der Waals surface area contributed by atoms with Gasteiger partial charge in [0.2, 0.25) is 0 Å². The number of hydrogen-bond acceptors (Lipinski definition) is 7. The van der Waals surface area contributed by atoms with Crippen LogP contribution in [0.3, 0.4) is 0 Å². The zero-order valence-electron chi connectivity index (χ0n) is 21.4. The molecule has 1 fully saturated rings. The number of sulfone groups is 1. The lowest BCUT2D eigenvalue weighted by molar-refractivity contribution is -0.182. The highest BCUT2D eigenvalue weighted by Gasteiger charge is 2.58. The van der Waals surface area contributed by atoms with Gasteiger partial charge in [-0.2, -0.15) is 0 Å². The van der Waals surface area contributed by atoms with Crippen molar-refractivity contribution in [1.29, 1.82) is 0 Å². The summed E-state index contributed by atoms with van der Waals surface area (Å²) in [6, 6.07) is 15.8. The van der Waals surface area contributed by atoms with E-state index >= 15 is 0 Å². The third-order valence-electron chi connectivity index (χ3n) is 6.58. The predicted molar refractivity (Wildman–Crippen MR) is 141 cm³/mol. The Morgan fingerprint density at radius 1 is 0.923 bits per heavy atom. The average Bonchev–Trinajstić information content (AvgIpc) is 2.82. The van der Waals surface area contributed by atoms with Crippen molar-refractivity contribution in [2.45, 2.75) is 23.8 Å². The highest BCUT2D eigenvalue weighted by molar-refractivity contribution is 7.91. The van der Waals surface area contributed by atoms with Gasteiger partial charge in [-0.05, 0) is 53.1 Å². The van der Waals surface area contributed by atoms with Crippen LogP contribution in [0.5, 0.6) is 0 Å². The van der Waals surface area contributed by atoms with Crippen LogP contribution in [0.1, 0.15) is 45.3 Å². The predicted octanol–water partition coefficient (Wildman–Crippen LogP) is 4.90. The van der Waals surface area contributed by atoms with Gasteiger partial charge in [-0.15, -0.1) is 0 Å². The van der Waals surface area contributed by atoms with E-state index in [4.69, 9.17) is 21.1 Å². The first-order valence-corrected chi connectivity index (χ1v) is 14.2. The van der Waals surface area contributed by atoms with Gasteiger partial charge in [0, 0.05) is 37.4 Å². The molecule has 0 amide bonds. The number of likely N-dealkylation sites (tertiary alicyclic amines) is 1. The molecule has 0 spiro atoms. The first-order valence-electron chi connectivity index (χ1n) is 11.9. The van der Waals surface area contributed by atoms with E-state index < -0.39 is 50.3 Å². The molecule has 0 bridgehead atoms. The molecule has 0 N–H and O–H groups in total. The van der Waals surface area contributed by atoms with Crippen LogP contribution < -0.4 is 0 Å². The lowest BCUT2D eigenvalue weighted by atomic mass is 9.82. The molecular formula is C28H26ClF2NO6S. The Bertz CT molecular complexity index is 1470. The molecule has 0 unspecified atom stereocenters. The smallest absolute Gasteiger partial charge is 0.337 e. The van der Waals surface area contributed by atoms with Crippen LogP contribution in [0.25, 0.3) is 0 Å². The van der Waals surface area contributed by atoms with Crippen molar-refractivity contribution in [2.75, 3.05) is 26.5 Å². The molecule has 1 aliphatic heterocycles. The Hall–Kier alpha value is -3.34. The number of hydrogen-bond donors (Lipinski definition) is 0. The van der Waals surface area contributed by atoms with E-state index in [1.54, 1.807) is 36.4 Å². The standard InChI is InChI=1S/C28H26ClF2NO6S/c1-17(33)38-28(26(39(3,35)36)21-12-23(30)14-24(31)13-21)15-32(16-28)25(19-8-10-22(29)11-9-19)18-4-6-20(7-5-18)27(34)37-2/h4-14,25-26H,15-16H2,1-3H3/t25-,26+/m1/s1. The van der Waals surface area contributed by atoms with Crippen molar-refractivity contribution in [3.05, 3.63) is 106 Å². The molecule has 0 radical (unpaired) electrons. The van der Waals surface area contributed by atoms with Gasteiger partial charge in [-0.1, -0.05) is 35.9 Å². The van der Waals surface area contributed by atoms with Gasteiger partial charge in [0.05, 0.1) is 18.7 Å². The fourth-order valence-electron chi connectivity index (χ4n) is 5.24. The molecule has 2 atom stereocenters. The van der Waals surface area contributed by atoms with Crippen molar-refractivity contribution >= 4 is 33.4 Å². The van der Waals surface area contributed by atoms with Crippen molar-refractivity contribution in [3.63, 3.8) is 0 Å². The second-order valence-corrected chi connectivity index (χ2v) is 12.1. The molecule has 4 rings (SSSR count). The van der Waals surface area contributed by atoms with Crippen molar-refractivity contribution in [2.24, 2.45) is 0 Å². The van der Waals surface area contributed by atoms with Crippen molar-refractivity contribution in [1.82, 2.24) is 4.90 Å². The van der Waals surface area contributed by atoms with Gasteiger partial charge < -0.3 is 9.47 Å². The summed E-state index contributed by atoms with van der Waals surface area (Å²) in [5.41, 5.74) is 0.139. The lowest BCUT2D eigenvalue weighted by Crippen LogP contribution is -2.68. The summed E-state index contributed by atoms with van der Waals surface area (Å²) in [6.45, 7) is 1.03. The monoisotopic (exact) mass is 577 g/mol. The van der Waals surface area contributed by atoms with Crippen LogP contribution in [0.15, 0.2) is 66.7 Å². The topological polar surface area (TPSA) is 90.0 Å². The lowest BCUT2D eigenvalue weighted by Gasteiger charge is -2.54. The number of carbonyl (C=O) groups is 2. The molecule has 1 heterocycles. The van der Waals surface area contributed by atoms with E-state index in [1.165, 1.54) is 7.11 Å². The Labute approximate surface area is 230 Å². The number of ether oxygens (including phenoxy) is 2. The maximum absolute atomic E-state index is 14.1. The molecule has 1 aliphatic rings. The Balaban J connectivity index is 1.78. The van der Waals surface area contributed by atoms with Gasteiger partial charge in [0.25, 0.3) is 0 Å². The largest absolute Gasteiger partial charge is 0.465 e. The van der Waals surface area contributed by atoms with Crippen LogP contribution >= 0.6 is 11.6 Å². The van der Waals surface area contributed by atoms with Crippen LogP contribution in [0, 0.1) is 11.6 Å². The molecule has 39 heavy (non-hydrogen) atoms. The summed E-state index contributed by atoms with van der Waals surface area (Å²) >= 11 is 6.10. The van der Waals surface area contributed by atoms with E-state index in [1.807, 2.05) is 17.0 Å². The minimum Gasteiger partial charge on any atom is -0.465 e. The third kappa shape index (κ3) is 6.13. The van der Waals surface area contributed by atoms with Crippen LogP contribution in [-0.2, 0) is 24.1 Å². The zero-order valence-corrected chi connectivity index (χ0v) is 22.9. The van der Waals surface area contributed by atoms with E-state index in [0.29, 0.717) is 16.7 Å². The first kappa shape index (κ1) is 28.7. The molecule has 0 aliphatic carbocycles. The van der Waals surface area contributed by atoms with E-state index in [-0.39, 0.29) is 18.7 Å². The van der Waals surface area contributed by atoms with Gasteiger partial charge >= 0.3 is 11.9 Å². The highest BCUT2D eigenvalue weighted by Crippen LogP contribution is 2.47. The molecule has 3 aromatic carbocycles. The molecule has 7 nitrogen and oxygen atoms in total. The number of methoxy groups -OCH3 is 1. The van der Waals surface area contributed by atoms with Crippen LogP contribution in [0.4, 0.5) is 8.78 Å². The summed E-state index contributed by atoms with van der Waals surface area (Å²) in [5, 5.41) is -1.01. The number of halogens is 3. The Morgan fingerprint density at radius 3 is 1.90 bits per heavy atom. The second kappa shape index (κ2) is 11.0. The average molecular weight is 578 g/mol. The SMILES string of the molecule is COC(=O)c1ccc([C@H](c2ccc(Cl)cc2)N2CC(OC(C)=O)([C@H](c3cc(F)cc(F)c3)S(C)(=O)=O)C2)cc1. The number of carbonyl (C=O) groups excluding carboxylic acids is 2. The second-order valence-electron chi connectivity index (χ2n) is 9.54. The Morgan fingerprint density at radius 2 is 1.44 bits per heavy atom. The summed E-state index contributed by atoms with van der Waals surface area (Å²) in [4.78, 5) is 26.0. The zero-order chi connectivity index (χ0) is 28.5. The normalized spacial score (nSPS) is 16.6. The fourth-order valence-corrected chi connectivity index (χ4v) is 6.97. The number of esters is 2. The molecule has 3 aromatic rings. The van der Waals surface area contributed by atoms with E-state index in [0.717, 1.165) is 36.4 Å². The van der Waals surface area contributed by atoms with Crippen LogP contribution in [0.2, 0.25) is 5.02 Å². The molecule has 0 aromatic heterocycles. The number of benzene rings is 3. The molecular weight excluding hydrogens is 552 g/mol. The van der Waals surface area contributed by atoms with Crippen molar-refractivity contribution < 1.29 is 36.3 Å². The molecule has 0 saturated carbocycles. The minimum absolute atomic E-state index is 0.0610. The van der Waals surface area contributed by atoms with Gasteiger partial charge in [0.1, 0.15) is 16.9 Å². The highest BCUT2D eigenvalue weighted by atomic mass is 35.5. The quantitative estimate of drug-likeness (QED) is 0.352. The van der Waals surface area contributed by atoms with Crippen LogP contribution in [-0.4, -0.2) is 57.3 Å². The first-order chi connectivity index (χ1) is 18.3. The molecule has 11 heteroatoms. The number of rotatable bonds is 8.